The van der Waals surface area contributed by atoms with Crippen molar-refractivity contribution in [3.05, 3.63) is 0 Å². The lowest BCUT2D eigenvalue weighted by Gasteiger charge is -2.40. The predicted molar refractivity (Wildman–Crippen MR) is 82.2 cm³/mol. The van der Waals surface area contributed by atoms with E-state index in [4.69, 9.17) is 30.3 Å². The van der Waals surface area contributed by atoms with Gasteiger partial charge in [-0.05, 0) is 6.92 Å². The van der Waals surface area contributed by atoms with Gasteiger partial charge in [0.05, 0.1) is 12.7 Å². The van der Waals surface area contributed by atoms with Crippen molar-refractivity contribution >= 4 is 5.91 Å². The van der Waals surface area contributed by atoms with Gasteiger partial charge in [0.25, 0.3) is 0 Å². The van der Waals surface area contributed by atoms with Gasteiger partial charge in [-0.3, -0.25) is 4.79 Å². The maximum atomic E-state index is 10.7. The summed E-state index contributed by atoms with van der Waals surface area (Å²) in [6.45, 7) is 2.19. The summed E-state index contributed by atoms with van der Waals surface area (Å²) < 4.78 is 9.49. The number of carbonyl (C=O) groups is 1. The Kier molecular flexibility index (Phi) is 8.75. The largest absolute Gasteiger partial charge is 0.394 e. The zero-order valence-electron chi connectivity index (χ0n) is 14.3. The van der Waals surface area contributed by atoms with Gasteiger partial charge in [0.2, 0.25) is 5.91 Å². The number of ether oxygens (including phenoxy) is 2. The highest BCUT2D eigenvalue weighted by Gasteiger charge is 2.44. The lowest BCUT2D eigenvalue weighted by molar-refractivity contribution is -0.277. The number of hydrogen-bond acceptors (Lipinski definition) is 11. The maximum absolute atomic E-state index is 10.7. The molecule has 0 aromatic carbocycles. The molecule has 10 atom stereocenters. The van der Waals surface area contributed by atoms with Gasteiger partial charge in [-0.1, -0.05) is 0 Å². The zero-order valence-corrected chi connectivity index (χ0v) is 14.3. The molecule has 12 heteroatoms. The monoisotopic (exact) mass is 385 g/mol. The van der Waals surface area contributed by atoms with Crippen molar-refractivity contribution in [3.8, 4) is 0 Å². The van der Waals surface area contributed by atoms with Gasteiger partial charge in [0.15, 0.2) is 12.6 Å². The van der Waals surface area contributed by atoms with Gasteiger partial charge in [0, 0.05) is 6.92 Å². The smallest absolute Gasteiger partial charge is 0.217 e. The highest BCUT2D eigenvalue weighted by Crippen LogP contribution is 2.20. The number of aliphatic hydroxyl groups is 8. The Labute approximate surface area is 149 Å². The molecule has 0 aromatic rings. The molecule has 1 amide bonds. The van der Waals surface area contributed by atoms with Crippen LogP contribution >= 0.6 is 0 Å². The molecule has 2 fully saturated rings. The van der Waals surface area contributed by atoms with E-state index in [0.29, 0.717) is 0 Å². The van der Waals surface area contributed by atoms with Crippen molar-refractivity contribution in [2.75, 3.05) is 6.61 Å². The van der Waals surface area contributed by atoms with E-state index in [0.717, 1.165) is 0 Å². The molecule has 2 aliphatic rings. The summed E-state index contributed by atoms with van der Waals surface area (Å²) in [4.78, 5) is 10.7. The summed E-state index contributed by atoms with van der Waals surface area (Å²) in [6.07, 6.45) is -11.2. The molecule has 0 aliphatic carbocycles. The lowest BCUT2D eigenvalue weighted by atomic mass is 9.97. The third kappa shape index (κ3) is 5.53. The van der Waals surface area contributed by atoms with E-state index >= 15 is 0 Å². The first-order valence-corrected chi connectivity index (χ1v) is 7.96. The first-order chi connectivity index (χ1) is 12.0. The molecule has 0 spiro atoms. The fourth-order valence-corrected chi connectivity index (χ4v) is 2.52. The molecule has 2 heterocycles. The topological polar surface area (TPSA) is 209 Å². The van der Waals surface area contributed by atoms with Crippen LogP contribution in [-0.2, 0) is 14.3 Å². The molecular weight excluding hydrogens is 358 g/mol. The molecule has 154 valence electrons. The van der Waals surface area contributed by atoms with Crippen LogP contribution in [0.3, 0.4) is 0 Å². The molecule has 2 rings (SSSR count). The van der Waals surface area contributed by atoms with E-state index in [1.807, 2.05) is 0 Å². The first-order valence-electron chi connectivity index (χ1n) is 7.96. The highest BCUT2D eigenvalue weighted by atomic mass is 16.6. The van der Waals surface area contributed by atoms with E-state index < -0.39 is 73.9 Å². The molecule has 26 heavy (non-hydrogen) atoms. The number of rotatable bonds is 2. The van der Waals surface area contributed by atoms with Crippen LogP contribution in [0, 0.1) is 0 Å². The Hall–Kier alpha value is -0.930. The van der Waals surface area contributed by atoms with Crippen molar-refractivity contribution in [1.82, 2.24) is 5.32 Å². The molecule has 12 nitrogen and oxygen atoms in total. The summed E-state index contributed by atoms with van der Waals surface area (Å²) in [7, 11) is 0. The van der Waals surface area contributed by atoms with E-state index in [1.54, 1.807) is 0 Å². The third-order valence-corrected chi connectivity index (χ3v) is 4.10. The van der Waals surface area contributed by atoms with Gasteiger partial charge < -0.3 is 55.6 Å². The van der Waals surface area contributed by atoms with E-state index in [-0.39, 0.29) is 0 Å². The predicted octanol–water partition coefficient (Wildman–Crippen LogP) is -5.27. The van der Waals surface area contributed by atoms with Gasteiger partial charge in [-0.15, -0.1) is 0 Å². The molecule has 0 radical (unpaired) electrons. The van der Waals surface area contributed by atoms with Crippen LogP contribution in [0.2, 0.25) is 0 Å². The number of carbonyl (C=O) groups excluding carboxylic acids is 1. The van der Waals surface area contributed by atoms with Crippen molar-refractivity contribution in [3.63, 3.8) is 0 Å². The Morgan fingerprint density at radius 3 is 1.92 bits per heavy atom. The van der Waals surface area contributed by atoms with E-state index in [9.17, 15) is 20.1 Å². The van der Waals surface area contributed by atoms with Gasteiger partial charge >= 0.3 is 0 Å². The highest BCUT2D eigenvalue weighted by molar-refractivity contribution is 5.73. The second-order valence-electron chi connectivity index (χ2n) is 6.16. The Morgan fingerprint density at radius 1 is 0.846 bits per heavy atom. The number of nitrogens with one attached hydrogen (secondary N) is 1. The minimum absolute atomic E-state index is 0.462. The van der Waals surface area contributed by atoms with Crippen LogP contribution < -0.4 is 5.32 Å². The fraction of sp³-hybridized carbons (Fsp3) is 0.929. The molecule has 6 unspecified atom stereocenters. The molecular formula is C14H27NO11. The molecule has 0 saturated carbocycles. The average molecular weight is 385 g/mol. The second kappa shape index (κ2) is 9.85. The summed E-state index contributed by atoms with van der Waals surface area (Å²) in [5.41, 5.74) is 0. The summed E-state index contributed by atoms with van der Waals surface area (Å²) in [5, 5.41) is 75.4. The number of aliphatic hydroxyl groups excluding tert-OH is 8. The van der Waals surface area contributed by atoms with Crippen LogP contribution in [-0.4, -0.2) is 115 Å². The quantitative estimate of drug-likeness (QED) is 0.219. The molecule has 0 bridgehead atoms. The van der Waals surface area contributed by atoms with Crippen LogP contribution in [0.5, 0.6) is 0 Å². The Bertz CT molecular complexity index is 439. The molecule has 0 aromatic heterocycles. The lowest BCUT2D eigenvalue weighted by Crippen LogP contribution is -2.63. The SMILES string of the molecule is CC(=O)NC1C(O)OC(CO)C(O)C1O.C[C@@H]1OC(O)[C@H](O)[C@H](O)[C@H]1O. The summed E-state index contributed by atoms with van der Waals surface area (Å²) in [5.74, 6) is -0.462. The van der Waals surface area contributed by atoms with Gasteiger partial charge in [0.1, 0.15) is 42.7 Å². The summed E-state index contributed by atoms with van der Waals surface area (Å²) in [6, 6.07) is -1.10. The molecule has 9 N–H and O–H groups in total. The van der Waals surface area contributed by atoms with Crippen molar-refractivity contribution in [1.29, 1.82) is 0 Å². The van der Waals surface area contributed by atoms with Crippen LogP contribution in [0.25, 0.3) is 0 Å². The average Bonchev–Trinajstić information content (AvgIpc) is 2.58. The minimum Gasteiger partial charge on any atom is -0.394 e. The standard InChI is InChI=1S/C8H15NO6.C6H12O5/c1-3(11)9-5-7(13)6(12)4(2-10)15-8(5)14;1-2-3(7)4(8)5(9)6(10)11-2/h4-8,10,12-14H,2H2,1H3,(H,9,11);2-10H,1H3/t;2-,3-,4+,5+,6?/m.0/s1. The van der Waals surface area contributed by atoms with Crippen molar-refractivity contribution in [2.24, 2.45) is 0 Å². The van der Waals surface area contributed by atoms with Crippen molar-refractivity contribution < 1.29 is 55.1 Å². The normalized spacial score (nSPS) is 46.1. The minimum atomic E-state index is -1.45. The van der Waals surface area contributed by atoms with E-state index in [1.165, 1.54) is 13.8 Å². The van der Waals surface area contributed by atoms with Crippen molar-refractivity contribution in [2.45, 2.75) is 75.2 Å². The zero-order chi connectivity index (χ0) is 20.2. The molecule has 2 saturated heterocycles. The number of hydrogen-bond donors (Lipinski definition) is 9. The van der Waals surface area contributed by atoms with Crippen LogP contribution in [0.15, 0.2) is 0 Å². The second-order valence-corrected chi connectivity index (χ2v) is 6.16. The van der Waals surface area contributed by atoms with E-state index in [2.05, 4.69) is 10.1 Å². The Morgan fingerprint density at radius 2 is 1.42 bits per heavy atom. The van der Waals surface area contributed by atoms with Gasteiger partial charge in [-0.25, -0.2) is 0 Å². The maximum Gasteiger partial charge on any atom is 0.217 e. The van der Waals surface area contributed by atoms with Crippen LogP contribution in [0.1, 0.15) is 13.8 Å². The third-order valence-electron chi connectivity index (χ3n) is 4.10. The summed E-state index contributed by atoms with van der Waals surface area (Å²) >= 11 is 0. The van der Waals surface area contributed by atoms with Crippen LogP contribution in [0.4, 0.5) is 0 Å². The fourth-order valence-electron chi connectivity index (χ4n) is 2.52. The van der Waals surface area contributed by atoms with Gasteiger partial charge in [-0.2, -0.15) is 0 Å². The number of amides is 1. The molecule has 2 aliphatic heterocycles. The Balaban J connectivity index is 0.000000273. The first kappa shape index (κ1) is 23.1.